The van der Waals surface area contributed by atoms with Crippen LogP contribution in [-0.2, 0) is 12.8 Å². The standard InChI is InChI=1S/C19H36N6S.HI/c1-6-16-13-22-18(26-16)7-8-21-19(20-4)23-14-17(15(2)3)25-11-9-24(5)10-12-25;/h13,15,17H,6-12,14H2,1-5H3,(H2,20,21,23);1H. The van der Waals surface area contributed by atoms with Crippen molar-refractivity contribution in [1.82, 2.24) is 25.4 Å². The van der Waals surface area contributed by atoms with Crippen LogP contribution >= 0.6 is 35.3 Å². The van der Waals surface area contributed by atoms with Gasteiger partial charge in [-0.3, -0.25) is 9.89 Å². The number of aromatic nitrogens is 1. The zero-order valence-corrected chi connectivity index (χ0v) is 20.6. The molecule has 1 fully saturated rings. The van der Waals surface area contributed by atoms with Crippen LogP contribution in [0.15, 0.2) is 11.2 Å². The van der Waals surface area contributed by atoms with E-state index in [1.54, 1.807) is 0 Å². The molecule has 1 saturated heterocycles. The molecule has 0 radical (unpaired) electrons. The van der Waals surface area contributed by atoms with Gasteiger partial charge in [-0.1, -0.05) is 20.8 Å². The third-order valence-electron chi connectivity index (χ3n) is 5.06. The number of aliphatic imine (C=N–C) groups is 1. The van der Waals surface area contributed by atoms with Gasteiger partial charge in [-0.2, -0.15) is 0 Å². The van der Waals surface area contributed by atoms with E-state index in [1.165, 1.54) is 9.88 Å². The predicted octanol–water partition coefficient (Wildman–Crippen LogP) is 2.30. The number of guanidine groups is 1. The molecule has 0 spiro atoms. The highest BCUT2D eigenvalue weighted by atomic mass is 127. The average Bonchev–Trinajstić information content (AvgIpc) is 3.09. The smallest absolute Gasteiger partial charge is 0.191 e. The van der Waals surface area contributed by atoms with Crippen molar-refractivity contribution in [3.8, 4) is 0 Å². The Morgan fingerprint density at radius 1 is 1.26 bits per heavy atom. The summed E-state index contributed by atoms with van der Waals surface area (Å²) in [6, 6.07) is 0.535. The second-order valence-corrected chi connectivity index (χ2v) is 8.55. The van der Waals surface area contributed by atoms with Gasteiger partial charge in [0.1, 0.15) is 0 Å². The number of thiazole rings is 1. The highest BCUT2D eigenvalue weighted by Gasteiger charge is 2.24. The Hall–Kier alpha value is -0.450. The van der Waals surface area contributed by atoms with Crippen LogP contribution in [0.1, 0.15) is 30.7 Å². The van der Waals surface area contributed by atoms with Gasteiger partial charge < -0.3 is 15.5 Å². The van der Waals surface area contributed by atoms with E-state index in [1.807, 2.05) is 24.6 Å². The maximum absolute atomic E-state index is 4.48. The molecule has 8 heteroatoms. The fourth-order valence-corrected chi connectivity index (χ4v) is 4.14. The van der Waals surface area contributed by atoms with Gasteiger partial charge in [-0.15, -0.1) is 35.3 Å². The lowest BCUT2D eigenvalue weighted by atomic mass is 10.0. The molecule has 27 heavy (non-hydrogen) atoms. The lowest BCUT2D eigenvalue weighted by Gasteiger charge is -2.40. The van der Waals surface area contributed by atoms with Crippen molar-refractivity contribution < 1.29 is 0 Å². The molecular weight excluding hydrogens is 471 g/mol. The Balaban J connectivity index is 0.00000364. The van der Waals surface area contributed by atoms with Crippen LogP contribution in [0.3, 0.4) is 0 Å². The summed E-state index contributed by atoms with van der Waals surface area (Å²) >= 11 is 1.81. The summed E-state index contributed by atoms with van der Waals surface area (Å²) in [5, 5.41) is 8.15. The first-order chi connectivity index (χ1) is 12.5. The fraction of sp³-hybridized carbons (Fsp3) is 0.789. The first-order valence-electron chi connectivity index (χ1n) is 9.84. The Bertz CT molecular complexity index is 554. The summed E-state index contributed by atoms with van der Waals surface area (Å²) in [5.74, 6) is 1.50. The minimum atomic E-state index is 0. The normalized spacial score (nSPS) is 17.6. The molecule has 1 aliphatic heterocycles. The summed E-state index contributed by atoms with van der Waals surface area (Å²) in [7, 11) is 4.05. The first-order valence-corrected chi connectivity index (χ1v) is 10.7. The highest BCUT2D eigenvalue weighted by Crippen LogP contribution is 2.14. The van der Waals surface area contributed by atoms with E-state index in [0.717, 1.165) is 58.1 Å². The van der Waals surface area contributed by atoms with Crippen LogP contribution < -0.4 is 10.6 Å². The van der Waals surface area contributed by atoms with E-state index < -0.39 is 0 Å². The number of rotatable bonds is 8. The molecule has 2 N–H and O–H groups in total. The molecule has 0 bridgehead atoms. The summed E-state index contributed by atoms with van der Waals surface area (Å²) < 4.78 is 0. The Morgan fingerprint density at radius 2 is 1.96 bits per heavy atom. The molecule has 2 rings (SSSR count). The Morgan fingerprint density at radius 3 is 2.52 bits per heavy atom. The van der Waals surface area contributed by atoms with E-state index >= 15 is 0 Å². The molecule has 1 aromatic rings. The topological polar surface area (TPSA) is 55.8 Å². The van der Waals surface area contributed by atoms with E-state index in [2.05, 4.69) is 58.2 Å². The van der Waals surface area contributed by atoms with Gasteiger partial charge in [0.25, 0.3) is 0 Å². The molecule has 0 aromatic carbocycles. The monoisotopic (exact) mass is 508 g/mol. The highest BCUT2D eigenvalue weighted by molar-refractivity contribution is 14.0. The quantitative estimate of drug-likeness (QED) is 0.321. The van der Waals surface area contributed by atoms with E-state index in [4.69, 9.17) is 0 Å². The average molecular weight is 509 g/mol. The maximum Gasteiger partial charge on any atom is 0.191 e. The fourth-order valence-electron chi connectivity index (χ4n) is 3.28. The van der Waals surface area contributed by atoms with Crippen LogP contribution in [0.2, 0.25) is 0 Å². The second kappa shape index (κ2) is 12.9. The van der Waals surface area contributed by atoms with Gasteiger partial charge >= 0.3 is 0 Å². The summed E-state index contributed by atoms with van der Waals surface area (Å²) in [4.78, 5) is 15.2. The van der Waals surface area contributed by atoms with Gasteiger partial charge in [0.15, 0.2) is 5.96 Å². The maximum atomic E-state index is 4.48. The van der Waals surface area contributed by atoms with Crippen molar-refractivity contribution in [2.75, 3.05) is 53.4 Å². The number of hydrogen-bond acceptors (Lipinski definition) is 5. The number of hydrogen-bond donors (Lipinski definition) is 2. The molecule has 1 unspecified atom stereocenters. The molecule has 1 aromatic heterocycles. The Kier molecular flexibility index (Phi) is 11.7. The summed E-state index contributed by atoms with van der Waals surface area (Å²) in [6.07, 6.45) is 4.00. The molecule has 6 nitrogen and oxygen atoms in total. The first kappa shape index (κ1) is 24.6. The molecule has 1 aliphatic rings. The van der Waals surface area contributed by atoms with E-state index in [0.29, 0.717) is 12.0 Å². The number of nitrogens with zero attached hydrogens (tertiary/aromatic N) is 4. The zero-order chi connectivity index (χ0) is 18.9. The minimum Gasteiger partial charge on any atom is -0.356 e. The third-order valence-corrected chi connectivity index (χ3v) is 6.26. The van der Waals surface area contributed by atoms with E-state index in [9.17, 15) is 0 Å². The van der Waals surface area contributed by atoms with Gasteiger partial charge in [0.05, 0.1) is 5.01 Å². The molecule has 0 saturated carbocycles. The van der Waals surface area contributed by atoms with Crippen LogP contribution in [0, 0.1) is 5.92 Å². The van der Waals surface area contributed by atoms with Crippen LogP contribution in [0.5, 0.6) is 0 Å². The number of likely N-dealkylation sites (N-methyl/N-ethyl adjacent to an activating group) is 1. The Labute approximate surface area is 186 Å². The third kappa shape index (κ3) is 8.21. The number of piperazine rings is 1. The SMILES string of the molecule is CCc1cnc(CCNC(=NC)NCC(C(C)C)N2CCN(C)CC2)s1.I. The van der Waals surface area contributed by atoms with Crippen molar-refractivity contribution >= 4 is 41.3 Å². The number of halogens is 1. The van der Waals surface area contributed by atoms with Crippen molar-refractivity contribution in [1.29, 1.82) is 0 Å². The molecular formula is C19H37IN6S. The van der Waals surface area contributed by atoms with Crippen molar-refractivity contribution in [3.63, 3.8) is 0 Å². The van der Waals surface area contributed by atoms with Gasteiger partial charge in [0, 0.05) is 69.9 Å². The van der Waals surface area contributed by atoms with Crippen LogP contribution in [0.25, 0.3) is 0 Å². The summed E-state index contributed by atoms with van der Waals surface area (Å²) in [6.45, 7) is 13.2. The van der Waals surface area contributed by atoms with Crippen molar-refractivity contribution in [3.05, 3.63) is 16.1 Å². The van der Waals surface area contributed by atoms with Crippen LogP contribution in [0.4, 0.5) is 0 Å². The number of aryl methyl sites for hydroxylation is 1. The lowest BCUT2D eigenvalue weighted by molar-refractivity contribution is 0.0900. The molecule has 1 atom stereocenters. The lowest BCUT2D eigenvalue weighted by Crippen LogP contribution is -2.55. The van der Waals surface area contributed by atoms with Crippen molar-refractivity contribution in [2.24, 2.45) is 10.9 Å². The molecule has 0 aliphatic carbocycles. The molecule has 2 heterocycles. The zero-order valence-electron chi connectivity index (χ0n) is 17.5. The van der Waals surface area contributed by atoms with Gasteiger partial charge in [-0.25, -0.2) is 4.98 Å². The van der Waals surface area contributed by atoms with Gasteiger partial charge in [0.2, 0.25) is 0 Å². The van der Waals surface area contributed by atoms with Crippen molar-refractivity contribution in [2.45, 2.75) is 39.7 Å². The second-order valence-electron chi connectivity index (χ2n) is 7.35. The summed E-state index contributed by atoms with van der Waals surface area (Å²) in [5.41, 5.74) is 0. The van der Waals surface area contributed by atoms with E-state index in [-0.39, 0.29) is 24.0 Å². The molecule has 156 valence electrons. The molecule has 0 amide bonds. The largest absolute Gasteiger partial charge is 0.356 e. The predicted molar refractivity (Wildman–Crippen MR) is 128 cm³/mol. The minimum absolute atomic E-state index is 0. The van der Waals surface area contributed by atoms with Gasteiger partial charge in [-0.05, 0) is 19.4 Å². The number of nitrogens with one attached hydrogen (secondary N) is 2. The van der Waals surface area contributed by atoms with Crippen LogP contribution in [-0.4, -0.2) is 80.1 Å².